The second-order valence-corrected chi connectivity index (χ2v) is 4.47. The fraction of sp³-hybridized carbons (Fsp3) is 0.214. The molecule has 0 spiro atoms. The number of nitrogens with zero attached hydrogens (tertiary/aromatic N) is 2. The first-order valence-corrected chi connectivity index (χ1v) is 6.00. The summed E-state index contributed by atoms with van der Waals surface area (Å²) in [6.45, 7) is 0. The van der Waals surface area contributed by atoms with Gasteiger partial charge in [-0.15, -0.1) is 0 Å². The zero-order valence-electron chi connectivity index (χ0n) is 11.0. The summed E-state index contributed by atoms with van der Waals surface area (Å²) < 4.78 is 38.6. The topological polar surface area (TPSA) is 52.0 Å². The highest BCUT2D eigenvalue weighted by atomic mass is 19.4. The lowest BCUT2D eigenvalue weighted by Crippen LogP contribution is -2.10. The van der Waals surface area contributed by atoms with E-state index in [2.05, 4.69) is 5.10 Å². The molecule has 0 atom stereocenters. The first kappa shape index (κ1) is 15.0. The molecule has 1 aromatic heterocycles. The highest BCUT2D eigenvalue weighted by Gasteiger charge is 2.30. The van der Waals surface area contributed by atoms with Crippen LogP contribution >= 0.6 is 0 Å². The molecule has 1 aromatic carbocycles. The lowest BCUT2D eigenvalue weighted by Gasteiger charge is -2.06. The number of carbonyl (C=O) groups excluding carboxylic acids is 2. The Morgan fingerprint density at radius 3 is 2.19 bits per heavy atom. The van der Waals surface area contributed by atoms with E-state index in [1.54, 1.807) is 13.2 Å². The number of carbonyl (C=O) groups is 2. The molecule has 0 unspecified atom stereocenters. The molecule has 7 heteroatoms. The lowest BCUT2D eigenvalue weighted by molar-refractivity contribution is -0.137. The number of benzene rings is 1. The maximum Gasteiger partial charge on any atom is 0.416 e. The van der Waals surface area contributed by atoms with Gasteiger partial charge < -0.3 is 0 Å². The van der Waals surface area contributed by atoms with Crippen LogP contribution in [0.5, 0.6) is 0 Å². The third-order valence-electron chi connectivity index (χ3n) is 2.85. The maximum atomic E-state index is 12.4. The Kier molecular flexibility index (Phi) is 3.93. The summed E-state index contributed by atoms with van der Waals surface area (Å²) in [6, 6.07) is 5.24. The summed E-state index contributed by atoms with van der Waals surface area (Å²) in [6.07, 6.45) is -3.32. The summed E-state index contributed by atoms with van der Waals surface area (Å²) in [5, 5.41) is 3.87. The Labute approximate surface area is 118 Å². The van der Waals surface area contributed by atoms with Crippen LogP contribution in [0.4, 0.5) is 13.2 Å². The van der Waals surface area contributed by atoms with Crippen molar-refractivity contribution >= 4 is 11.6 Å². The van der Waals surface area contributed by atoms with Crippen molar-refractivity contribution in [2.75, 3.05) is 0 Å². The molecular weight excluding hydrogens is 285 g/mol. The Morgan fingerprint density at radius 2 is 1.71 bits per heavy atom. The van der Waals surface area contributed by atoms with Crippen molar-refractivity contribution < 1.29 is 22.8 Å². The van der Waals surface area contributed by atoms with E-state index < -0.39 is 29.7 Å². The van der Waals surface area contributed by atoms with Crippen LogP contribution in [0.25, 0.3) is 0 Å². The summed E-state index contributed by atoms with van der Waals surface area (Å²) in [5.74, 6) is -1.01. The fourth-order valence-electron chi connectivity index (χ4n) is 1.75. The van der Waals surface area contributed by atoms with Gasteiger partial charge in [0.15, 0.2) is 11.6 Å². The van der Waals surface area contributed by atoms with E-state index >= 15 is 0 Å². The van der Waals surface area contributed by atoms with Gasteiger partial charge in [0.05, 0.1) is 12.0 Å². The molecule has 0 aliphatic rings. The molecule has 110 valence electrons. The number of ketones is 2. The largest absolute Gasteiger partial charge is 0.416 e. The van der Waals surface area contributed by atoms with Crippen molar-refractivity contribution in [3.05, 3.63) is 53.3 Å². The molecule has 0 saturated heterocycles. The van der Waals surface area contributed by atoms with Crippen molar-refractivity contribution in [2.45, 2.75) is 12.6 Å². The average Bonchev–Trinajstić information content (AvgIpc) is 2.84. The molecule has 0 N–H and O–H groups in total. The van der Waals surface area contributed by atoms with Crippen LogP contribution in [0.2, 0.25) is 0 Å². The monoisotopic (exact) mass is 296 g/mol. The molecule has 0 fully saturated rings. The van der Waals surface area contributed by atoms with Crippen LogP contribution in [0.3, 0.4) is 0 Å². The first-order valence-electron chi connectivity index (χ1n) is 6.00. The molecule has 0 amide bonds. The number of halogens is 3. The quantitative estimate of drug-likeness (QED) is 0.644. The zero-order valence-corrected chi connectivity index (χ0v) is 11.0. The molecule has 0 aliphatic carbocycles. The van der Waals surface area contributed by atoms with E-state index in [0.29, 0.717) is 0 Å². The van der Waals surface area contributed by atoms with Crippen molar-refractivity contribution in [3.63, 3.8) is 0 Å². The van der Waals surface area contributed by atoms with Gasteiger partial charge in [0, 0.05) is 18.8 Å². The highest BCUT2D eigenvalue weighted by Crippen LogP contribution is 2.29. The fourth-order valence-corrected chi connectivity index (χ4v) is 1.75. The van der Waals surface area contributed by atoms with Crippen molar-refractivity contribution in [3.8, 4) is 0 Å². The Morgan fingerprint density at radius 1 is 1.10 bits per heavy atom. The van der Waals surface area contributed by atoms with Gasteiger partial charge in [-0.05, 0) is 18.2 Å². The number of aryl methyl sites for hydroxylation is 1. The molecule has 0 aliphatic heterocycles. The number of hydrogen-bond acceptors (Lipinski definition) is 3. The minimum Gasteiger partial charge on any atom is -0.294 e. The molecule has 4 nitrogen and oxygen atoms in total. The van der Waals surface area contributed by atoms with E-state index in [1.165, 1.54) is 10.7 Å². The van der Waals surface area contributed by atoms with Gasteiger partial charge in [-0.3, -0.25) is 14.3 Å². The Bertz CT molecular complexity index is 672. The number of aromatic nitrogens is 2. The smallest absolute Gasteiger partial charge is 0.294 e. The standard InChI is InChI=1S/C14H11F3N2O2/c1-19-7-6-11(18-19)13(21)8-12(20)9-2-4-10(5-3-9)14(15,16)17/h2-7H,8H2,1H3. The molecule has 0 saturated carbocycles. The van der Waals surface area contributed by atoms with Crippen molar-refractivity contribution in [2.24, 2.45) is 7.05 Å². The van der Waals surface area contributed by atoms with Gasteiger partial charge >= 0.3 is 6.18 Å². The number of hydrogen-bond donors (Lipinski definition) is 0. The third kappa shape index (κ3) is 3.56. The minimum absolute atomic E-state index is 0.0623. The van der Waals surface area contributed by atoms with Gasteiger partial charge in [-0.2, -0.15) is 18.3 Å². The van der Waals surface area contributed by atoms with Gasteiger partial charge in [-0.1, -0.05) is 12.1 Å². The van der Waals surface area contributed by atoms with Crippen molar-refractivity contribution in [1.82, 2.24) is 9.78 Å². The van der Waals surface area contributed by atoms with E-state index in [1.807, 2.05) is 0 Å². The van der Waals surface area contributed by atoms with Crippen LogP contribution in [-0.2, 0) is 13.2 Å². The number of rotatable bonds is 4. The van der Waals surface area contributed by atoms with Crippen LogP contribution in [0.1, 0.15) is 32.8 Å². The minimum atomic E-state index is -4.45. The predicted octanol–water partition coefficient (Wildman–Crippen LogP) is 2.89. The van der Waals surface area contributed by atoms with Crippen LogP contribution < -0.4 is 0 Å². The molecule has 21 heavy (non-hydrogen) atoms. The molecule has 0 bridgehead atoms. The second kappa shape index (κ2) is 5.51. The summed E-state index contributed by atoms with van der Waals surface area (Å²) in [4.78, 5) is 23.7. The van der Waals surface area contributed by atoms with Gasteiger partial charge in [0.1, 0.15) is 5.69 Å². The van der Waals surface area contributed by atoms with Crippen LogP contribution in [-0.4, -0.2) is 21.3 Å². The van der Waals surface area contributed by atoms with Gasteiger partial charge in [0.25, 0.3) is 0 Å². The molecule has 2 rings (SSSR count). The predicted molar refractivity (Wildman–Crippen MR) is 67.9 cm³/mol. The van der Waals surface area contributed by atoms with E-state index in [0.717, 1.165) is 24.3 Å². The SMILES string of the molecule is Cn1ccc(C(=O)CC(=O)c2ccc(C(F)(F)F)cc2)n1. The normalized spacial score (nSPS) is 11.4. The molecule has 0 radical (unpaired) electrons. The summed E-state index contributed by atoms with van der Waals surface area (Å²) >= 11 is 0. The second-order valence-electron chi connectivity index (χ2n) is 4.47. The third-order valence-corrected chi connectivity index (χ3v) is 2.85. The van der Waals surface area contributed by atoms with E-state index in [-0.39, 0.29) is 11.3 Å². The van der Waals surface area contributed by atoms with Crippen molar-refractivity contribution in [1.29, 1.82) is 0 Å². The number of Topliss-reactive ketones (excluding diaryl/α,β-unsaturated/α-hetero) is 2. The molecular formula is C14H11F3N2O2. The average molecular weight is 296 g/mol. The first-order chi connectivity index (χ1) is 9.77. The van der Waals surface area contributed by atoms with Crippen LogP contribution in [0.15, 0.2) is 36.5 Å². The maximum absolute atomic E-state index is 12.4. The van der Waals surface area contributed by atoms with Gasteiger partial charge in [0.2, 0.25) is 0 Å². The lowest BCUT2D eigenvalue weighted by atomic mass is 10.0. The summed E-state index contributed by atoms with van der Waals surface area (Å²) in [5.41, 5.74) is -0.625. The van der Waals surface area contributed by atoms with E-state index in [4.69, 9.17) is 0 Å². The van der Waals surface area contributed by atoms with Crippen LogP contribution in [0, 0.1) is 0 Å². The number of alkyl halides is 3. The van der Waals surface area contributed by atoms with E-state index in [9.17, 15) is 22.8 Å². The van der Waals surface area contributed by atoms with Gasteiger partial charge in [-0.25, -0.2) is 0 Å². The highest BCUT2D eigenvalue weighted by molar-refractivity contribution is 6.12. The Hall–Kier alpha value is -2.44. The Balaban J connectivity index is 2.08. The summed E-state index contributed by atoms with van der Waals surface area (Å²) in [7, 11) is 1.63. The molecule has 2 aromatic rings. The molecule has 1 heterocycles. The zero-order chi connectivity index (χ0) is 15.6.